The maximum absolute atomic E-state index is 12.2. The third kappa shape index (κ3) is 4.98. The summed E-state index contributed by atoms with van der Waals surface area (Å²) < 4.78 is 72.9. The van der Waals surface area contributed by atoms with E-state index in [4.69, 9.17) is 0 Å². The fraction of sp³-hybridized carbons (Fsp3) is 0.500. The molecule has 0 heterocycles. The summed E-state index contributed by atoms with van der Waals surface area (Å²) in [4.78, 5) is 0. The second kappa shape index (κ2) is 6.11. The monoisotopic (exact) mass is 272 g/mol. The summed E-state index contributed by atoms with van der Waals surface area (Å²) in [5, 5.41) is 0. The van der Waals surface area contributed by atoms with Crippen LogP contribution in [-0.2, 0) is 12.4 Å². The molecule has 0 amide bonds. The summed E-state index contributed by atoms with van der Waals surface area (Å²) in [6, 6.07) is 1.36. The molecule has 0 bridgehead atoms. The predicted molar refractivity (Wildman–Crippen MR) is 57.1 cm³/mol. The van der Waals surface area contributed by atoms with Crippen LogP contribution in [0, 0.1) is 6.92 Å². The second-order valence-electron chi connectivity index (χ2n) is 3.73. The summed E-state index contributed by atoms with van der Waals surface area (Å²) in [5.74, 6) is 0. The Morgan fingerprint density at radius 2 is 1.33 bits per heavy atom. The van der Waals surface area contributed by atoms with E-state index in [2.05, 4.69) is 13.8 Å². The quantitative estimate of drug-likeness (QED) is 0.551. The van der Waals surface area contributed by atoms with Crippen LogP contribution in [0.25, 0.3) is 0 Å². The van der Waals surface area contributed by atoms with Gasteiger partial charge in [0.25, 0.3) is 0 Å². The highest BCUT2D eigenvalue weighted by Gasteiger charge is 2.35. The Balaban J connectivity index is 0.000000873. The zero-order valence-corrected chi connectivity index (χ0v) is 10.2. The van der Waals surface area contributed by atoms with Crippen molar-refractivity contribution in [2.45, 2.75) is 39.5 Å². The zero-order chi connectivity index (χ0) is 14.6. The Labute approximate surface area is 102 Å². The van der Waals surface area contributed by atoms with Gasteiger partial charge in [0, 0.05) is 0 Å². The van der Waals surface area contributed by atoms with Gasteiger partial charge in [-0.1, -0.05) is 20.3 Å². The van der Waals surface area contributed by atoms with E-state index in [0.717, 1.165) is 6.92 Å². The molecule has 104 valence electrons. The molecule has 0 N–H and O–H groups in total. The van der Waals surface area contributed by atoms with Gasteiger partial charge in [0.05, 0.1) is 11.1 Å². The number of hydrogen-bond donors (Lipinski definition) is 0. The van der Waals surface area contributed by atoms with E-state index < -0.39 is 29.0 Å². The van der Waals surface area contributed by atoms with Crippen LogP contribution < -0.4 is 0 Å². The minimum atomic E-state index is -4.62. The molecule has 0 radical (unpaired) electrons. The highest BCUT2D eigenvalue weighted by atomic mass is 19.4. The average Bonchev–Trinajstić information content (AvgIpc) is 2.15. The van der Waals surface area contributed by atoms with Crippen molar-refractivity contribution in [2.75, 3.05) is 0 Å². The number of alkyl halides is 6. The van der Waals surface area contributed by atoms with Crippen LogP contribution >= 0.6 is 0 Å². The van der Waals surface area contributed by atoms with Crippen LogP contribution in [0.4, 0.5) is 26.3 Å². The summed E-state index contributed by atoms with van der Waals surface area (Å²) in [5.41, 5.74) is -2.55. The Kier molecular flexibility index (Phi) is 5.70. The van der Waals surface area contributed by atoms with E-state index in [0.29, 0.717) is 18.2 Å². The minimum Gasteiger partial charge on any atom is -0.166 e. The van der Waals surface area contributed by atoms with E-state index in [1.54, 1.807) is 0 Å². The topological polar surface area (TPSA) is 0 Å². The molecular weight excluding hydrogens is 258 g/mol. The highest BCUT2D eigenvalue weighted by molar-refractivity contribution is 5.34. The standard InChI is InChI=1S/C9H6F6.C3H8/c1-5-4-6(8(10,11)12)2-3-7(5)9(13,14)15;1-3-2/h2-4H,1H3;3H2,1-2H3. The Morgan fingerprint density at radius 1 is 0.889 bits per heavy atom. The molecule has 1 rings (SSSR count). The van der Waals surface area contributed by atoms with Gasteiger partial charge in [-0.2, -0.15) is 26.3 Å². The van der Waals surface area contributed by atoms with Crippen molar-refractivity contribution in [3.05, 3.63) is 34.9 Å². The molecule has 6 heteroatoms. The zero-order valence-electron chi connectivity index (χ0n) is 10.2. The molecule has 0 unspecified atom stereocenters. The molecule has 0 aliphatic heterocycles. The molecule has 0 atom stereocenters. The molecular formula is C12H14F6. The van der Waals surface area contributed by atoms with E-state index in [1.807, 2.05) is 0 Å². The largest absolute Gasteiger partial charge is 0.416 e. The molecule has 0 saturated carbocycles. The first-order valence-corrected chi connectivity index (χ1v) is 5.29. The minimum absolute atomic E-state index is 0.426. The molecule has 0 saturated heterocycles. The fourth-order valence-electron chi connectivity index (χ4n) is 1.16. The van der Waals surface area contributed by atoms with E-state index >= 15 is 0 Å². The third-order valence-corrected chi connectivity index (χ3v) is 1.86. The van der Waals surface area contributed by atoms with Crippen molar-refractivity contribution in [3.8, 4) is 0 Å². The third-order valence-electron chi connectivity index (χ3n) is 1.86. The lowest BCUT2D eigenvalue weighted by Gasteiger charge is -2.12. The molecule has 0 aromatic heterocycles. The number of hydrogen-bond acceptors (Lipinski definition) is 0. The van der Waals surface area contributed by atoms with Crippen LogP contribution in [0.1, 0.15) is 37.0 Å². The average molecular weight is 272 g/mol. The Hall–Kier alpha value is -1.20. The van der Waals surface area contributed by atoms with E-state index in [1.165, 1.54) is 6.42 Å². The smallest absolute Gasteiger partial charge is 0.166 e. The van der Waals surface area contributed by atoms with Gasteiger partial charge < -0.3 is 0 Å². The first-order valence-electron chi connectivity index (χ1n) is 5.29. The number of halogens is 6. The second-order valence-corrected chi connectivity index (χ2v) is 3.73. The Morgan fingerprint density at radius 3 is 1.61 bits per heavy atom. The van der Waals surface area contributed by atoms with Crippen LogP contribution in [0.5, 0.6) is 0 Å². The molecule has 0 fully saturated rings. The number of benzene rings is 1. The lowest BCUT2D eigenvalue weighted by Crippen LogP contribution is -2.10. The lowest BCUT2D eigenvalue weighted by molar-refractivity contribution is -0.141. The first-order chi connectivity index (χ1) is 8.04. The molecule has 0 nitrogen and oxygen atoms in total. The van der Waals surface area contributed by atoms with Gasteiger partial charge in [-0.3, -0.25) is 0 Å². The molecule has 0 aliphatic rings. The number of rotatable bonds is 0. The normalized spacial score (nSPS) is 11.8. The van der Waals surface area contributed by atoms with Crippen molar-refractivity contribution >= 4 is 0 Å². The first kappa shape index (κ1) is 16.8. The maximum Gasteiger partial charge on any atom is 0.416 e. The van der Waals surface area contributed by atoms with E-state index in [-0.39, 0.29) is 0 Å². The molecule has 18 heavy (non-hydrogen) atoms. The summed E-state index contributed by atoms with van der Waals surface area (Å²) in [7, 11) is 0. The van der Waals surface area contributed by atoms with Gasteiger partial charge in [0.2, 0.25) is 0 Å². The summed E-state index contributed by atoms with van der Waals surface area (Å²) in [6.45, 7) is 5.25. The van der Waals surface area contributed by atoms with Gasteiger partial charge in [0.15, 0.2) is 0 Å². The number of aryl methyl sites for hydroxylation is 1. The molecule has 1 aromatic rings. The highest BCUT2D eigenvalue weighted by Crippen LogP contribution is 2.35. The van der Waals surface area contributed by atoms with Crippen molar-refractivity contribution in [3.63, 3.8) is 0 Å². The van der Waals surface area contributed by atoms with Gasteiger partial charge in [0.1, 0.15) is 0 Å². The van der Waals surface area contributed by atoms with Crippen molar-refractivity contribution < 1.29 is 26.3 Å². The SMILES string of the molecule is CCC.Cc1cc(C(F)(F)F)ccc1C(F)(F)F. The lowest BCUT2D eigenvalue weighted by atomic mass is 10.0. The maximum atomic E-state index is 12.2. The Bertz CT molecular complexity index is 375. The van der Waals surface area contributed by atoms with Crippen molar-refractivity contribution in [2.24, 2.45) is 0 Å². The van der Waals surface area contributed by atoms with Gasteiger partial charge in [-0.15, -0.1) is 0 Å². The summed E-state index contributed by atoms with van der Waals surface area (Å²) >= 11 is 0. The van der Waals surface area contributed by atoms with Crippen molar-refractivity contribution in [1.29, 1.82) is 0 Å². The molecule has 1 aromatic carbocycles. The van der Waals surface area contributed by atoms with Gasteiger partial charge in [-0.05, 0) is 30.7 Å². The molecule has 0 aliphatic carbocycles. The van der Waals surface area contributed by atoms with Crippen LogP contribution in [0.15, 0.2) is 18.2 Å². The van der Waals surface area contributed by atoms with Crippen molar-refractivity contribution in [1.82, 2.24) is 0 Å². The van der Waals surface area contributed by atoms with Gasteiger partial charge >= 0.3 is 12.4 Å². The van der Waals surface area contributed by atoms with Crippen LogP contribution in [0.2, 0.25) is 0 Å². The predicted octanol–water partition coefficient (Wildman–Crippen LogP) is 5.45. The van der Waals surface area contributed by atoms with Crippen LogP contribution in [-0.4, -0.2) is 0 Å². The van der Waals surface area contributed by atoms with Gasteiger partial charge in [-0.25, -0.2) is 0 Å². The fourth-order valence-corrected chi connectivity index (χ4v) is 1.16. The van der Waals surface area contributed by atoms with Crippen LogP contribution in [0.3, 0.4) is 0 Å². The molecule has 0 spiro atoms. The van der Waals surface area contributed by atoms with E-state index in [9.17, 15) is 26.3 Å². The summed E-state index contributed by atoms with van der Waals surface area (Å²) in [6.07, 6.45) is -7.98.